The van der Waals surface area contributed by atoms with Crippen LogP contribution in [0.25, 0.3) is 0 Å². The molecule has 0 spiro atoms. The Morgan fingerprint density at radius 3 is 2.68 bits per heavy atom. The highest BCUT2D eigenvalue weighted by Crippen LogP contribution is 2.23. The van der Waals surface area contributed by atoms with Gasteiger partial charge in [0.05, 0.1) is 37.5 Å². The van der Waals surface area contributed by atoms with Crippen molar-refractivity contribution in [3.8, 4) is 0 Å². The fraction of sp³-hybridized carbons (Fsp3) is 0.909. The van der Waals surface area contributed by atoms with E-state index in [4.69, 9.17) is 14.6 Å². The van der Waals surface area contributed by atoms with E-state index >= 15 is 0 Å². The first-order valence-corrected chi connectivity index (χ1v) is 7.84. The Labute approximate surface area is 113 Å². The minimum Gasteiger partial charge on any atom is -0.481 e. The van der Waals surface area contributed by atoms with Gasteiger partial charge in [0.15, 0.2) is 0 Å². The molecule has 0 aromatic carbocycles. The van der Waals surface area contributed by atoms with Gasteiger partial charge < -0.3 is 14.6 Å². The summed E-state index contributed by atoms with van der Waals surface area (Å²) in [4.78, 5) is 11.1. The molecule has 112 valence electrons. The smallest absolute Gasteiger partial charge is 0.310 e. The van der Waals surface area contributed by atoms with Gasteiger partial charge in [0.2, 0.25) is 10.0 Å². The topological polar surface area (TPSA) is 93.1 Å². The van der Waals surface area contributed by atoms with Gasteiger partial charge in [0.25, 0.3) is 0 Å². The molecule has 1 rings (SSSR count). The standard InChI is InChI=1S/C11H21NO6S/c1-3-4-12(19(15,16)6-5-17-2)10-8-18-7-9(10)11(13)14/h9-10H,3-8H2,1-2H3,(H,13,14). The van der Waals surface area contributed by atoms with Gasteiger partial charge in [-0.05, 0) is 6.42 Å². The van der Waals surface area contributed by atoms with Crippen LogP contribution in [0.3, 0.4) is 0 Å². The fourth-order valence-corrected chi connectivity index (χ4v) is 3.79. The molecule has 0 aromatic rings. The third-order valence-corrected chi connectivity index (χ3v) is 4.93. The minimum absolute atomic E-state index is 0.0556. The maximum atomic E-state index is 12.2. The third-order valence-electron chi connectivity index (χ3n) is 3.08. The Hall–Kier alpha value is -0.700. The molecule has 8 heteroatoms. The molecule has 1 heterocycles. The van der Waals surface area contributed by atoms with Crippen LogP contribution in [0.1, 0.15) is 13.3 Å². The van der Waals surface area contributed by atoms with Crippen LogP contribution in [0.4, 0.5) is 0 Å². The number of nitrogens with zero attached hydrogens (tertiary/aromatic N) is 1. The number of hydrogen-bond donors (Lipinski definition) is 1. The van der Waals surface area contributed by atoms with Crippen molar-refractivity contribution >= 4 is 16.0 Å². The van der Waals surface area contributed by atoms with Gasteiger partial charge in [-0.25, -0.2) is 8.42 Å². The van der Waals surface area contributed by atoms with Crippen LogP contribution in [-0.2, 0) is 24.3 Å². The molecule has 0 amide bonds. The van der Waals surface area contributed by atoms with Crippen molar-refractivity contribution < 1.29 is 27.8 Å². The number of hydrogen-bond acceptors (Lipinski definition) is 5. The Morgan fingerprint density at radius 2 is 2.16 bits per heavy atom. The summed E-state index contributed by atoms with van der Waals surface area (Å²) in [6.07, 6.45) is 0.620. The van der Waals surface area contributed by atoms with Crippen molar-refractivity contribution in [2.75, 3.05) is 39.2 Å². The average Bonchev–Trinajstić information content (AvgIpc) is 2.82. The molecular weight excluding hydrogens is 274 g/mol. The van der Waals surface area contributed by atoms with E-state index in [1.165, 1.54) is 11.4 Å². The van der Waals surface area contributed by atoms with Crippen molar-refractivity contribution in [3.05, 3.63) is 0 Å². The molecule has 7 nitrogen and oxygen atoms in total. The molecule has 0 radical (unpaired) electrons. The Balaban J connectivity index is 2.90. The fourth-order valence-electron chi connectivity index (χ4n) is 2.10. The van der Waals surface area contributed by atoms with Crippen LogP contribution in [-0.4, -0.2) is 69.1 Å². The van der Waals surface area contributed by atoms with E-state index in [0.29, 0.717) is 13.0 Å². The number of carboxylic acids is 1. The van der Waals surface area contributed by atoms with Crippen molar-refractivity contribution in [1.29, 1.82) is 0 Å². The van der Waals surface area contributed by atoms with E-state index in [0.717, 1.165) is 0 Å². The molecule has 19 heavy (non-hydrogen) atoms. The van der Waals surface area contributed by atoms with Gasteiger partial charge in [0, 0.05) is 13.7 Å². The second-order valence-electron chi connectivity index (χ2n) is 4.47. The van der Waals surface area contributed by atoms with Crippen LogP contribution < -0.4 is 0 Å². The second kappa shape index (κ2) is 7.18. The summed E-state index contributed by atoms with van der Waals surface area (Å²) in [7, 11) is -2.10. The maximum Gasteiger partial charge on any atom is 0.310 e. The van der Waals surface area contributed by atoms with E-state index in [1.54, 1.807) is 0 Å². The Bertz CT molecular complexity index is 396. The zero-order chi connectivity index (χ0) is 14.5. The van der Waals surface area contributed by atoms with Crippen molar-refractivity contribution in [1.82, 2.24) is 4.31 Å². The lowest BCUT2D eigenvalue weighted by atomic mass is 10.0. The third kappa shape index (κ3) is 4.13. The number of carbonyl (C=O) groups is 1. The van der Waals surface area contributed by atoms with Crippen molar-refractivity contribution in [2.45, 2.75) is 19.4 Å². The second-order valence-corrected chi connectivity index (χ2v) is 6.51. The monoisotopic (exact) mass is 295 g/mol. The van der Waals surface area contributed by atoms with Crippen LogP contribution in [0, 0.1) is 5.92 Å². The predicted molar refractivity (Wildman–Crippen MR) is 68.4 cm³/mol. The SMILES string of the molecule is CCCN(C1COCC1C(=O)O)S(=O)(=O)CCOC. The summed E-state index contributed by atoms with van der Waals surface area (Å²) < 4.78 is 35.7. The highest BCUT2D eigenvalue weighted by Gasteiger charge is 2.42. The normalized spacial score (nSPS) is 23.9. The Morgan fingerprint density at radius 1 is 1.47 bits per heavy atom. The molecule has 0 aliphatic carbocycles. The number of rotatable bonds is 8. The lowest BCUT2D eigenvalue weighted by Crippen LogP contribution is -2.48. The average molecular weight is 295 g/mol. The summed E-state index contributed by atoms with van der Waals surface area (Å²) in [6, 6.07) is -0.626. The summed E-state index contributed by atoms with van der Waals surface area (Å²) in [5, 5.41) is 9.12. The molecule has 0 bridgehead atoms. The largest absolute Gasteiger partial charge is 0.481 e. The highest BCUT2D eigenvalue weighted by atomic mass is 32.2. The summed E-state index contributed by atoms with van der Waals surface area (Å²) in [6.45, 7) is 2.42. The van der Waals surface area contributed by atoms with Gasteiger partial charge in [-0.15, -0.1) is 0 Å². The van der Waals surface area contributed by atoms with Gasteiger partial charge in [0.1, 0.15) is 0 Å². The lowest BCUT2D eigenvalue weighted by molar-refractivity contribution is -0.142. The van der Waals surface area contributed by atoms with Gasteiger partial charge >= 0.3 is 5.97 Å². The highest BCUT2D eigenvalue weighted by molar-refractivity contribution is 7.89. The van der Waals surface area contributed by atoms with E-state index in [9.17, 15) is 13.2 Å². The number of carboxylic acid groups (broad SMARTS) is 1. The van der Waals surface area contributed by atoms with Crippen molar-refractivity contribution in [2.24, 2.45) is 5.92 Å². The number of ether oxygens (including phenoxy) is 2. The summed E-state index contributed by atoms with van der Waals surface area (Å²) in [5.74, 6) is -1.97. The molecule has 2 unspecified atom stereocenters. The molecule has 1 fully saturated rings. The molecule has 1 N–H and O–H groups in total. The number of sulfonamides is 1. The van der Waals surface area contributed by atoms with E-state index in [-0.39, 0.29) is 25.6 Å². The van der Waals surface area contributed by atoms with E-state index in [2.05, 4.69) is 0 Å². The molecule has 2 atom stereocenters. The zero-order valence-electron chi connectivity index (χ0n) is 11.2. The molecule has 1 aliphatic rings. The molecule has 0 saturated carbocycles. The lowest BCUT2D eigenvalue weighted by Gasteiger charge is -2.29. The predicted octanol–water partition coefficient (Wildman–Crippen LogP) is -0.226. The van der Waals surface area contributed by atoms with E-state index in [1.807, 2.05) is 6.92 Å². The first-order chi connectivity index (χ1) is 8.94. The van der Waals surface area contributed by atoms with Crippen LogP contribution in [0.15, 0.2) is 0 Å². The first kappa shape index (κ1) is 16.4. The molecule has 1 saturated heterocycles. The first-order valence-electron chi connectivity index (χ1n) is 6.23. The maximum absolute atomic E-state index is 12.2. The summed E-state index contributed by atoms with van der Waals surface area (Å²) >= 11 is 0. The molecule has 0 aromatic heterocycles. The number of aliphatic carboxylic acids is 1. The van der Waals surface area contributed by atoms with Crippen LogP contribution in [0.5, 0.6) is 0 Å². The van der Waals surface area contributed by atoms with Crippen LogP contribution in [0.2, 0.25) is 0 Å². The quantitative estimate of drug-likeness (QED) is 0.665. The number of methoxy groups -OCH3 is 1. The zero-order valence-corrected chi connectivity index (χ0v) is 12.1. The van der Waals surface area contributed by atoms with Gasteiger partial charge in [-0.1, -0.05) is 6.92 Å². The molecule has 1 aliphatic heterocycles. The van der Waals surface area contributed by atoms with E-state index < -0.39 is 28.0 Å². The minimum atomic E-state index is -3.53. The van der Waals surface area contributed by atoms with Crippen LogP contribution >= 0.6 is 0 Å². The van der Waals surface area contributed by atoms with Crippen molar-refractivity contribution in [3.63, 3.8) is 0 Å². The van der Waals surface area contributed by atoms with Gasteiger partial charge in [-0.3, -0.25) is 4.79 Å². The molecular formula is C11H21NO6S. The van der Waals surface area contributed by atoms with Gasteiger partial charge in [-0.2, -0.15) is 4.31 Å². The Kier molecular flexibility index (Phi) is 6.18. The summed E-state index contributed by atoms with van der Waals surface area (Å²) in [5.41, 5.74) is 0.